The van der Waals surface area contributed by atoms with Gasteiger partial charge in [0.25, 0.3) is 0 Å². The largest absolute Gasteiger partial charge is 0.445 e. The van der Waals surface area contributed by atoms with E-state index in [0.29, 0.717) is 5.89 Å². The lowest BCUT2D eigenvalue weighted by Gasteiger charge is -2.10. The molecule has 0 aliphatic heterocycles. The Balaban J connectivity index is 1.75. The number of carbonyl (C=O) groups is 1. The van der Waals surface area contributed by atoms with Gasteiger partial charge in [0.2, 0.25) is 11.8 Å². The number of rotatable bonds is 6. The number of oxazole rings is 1. The van der Waals surface area contributed by atoms with Crippen molar-refractivity contribution in [2.75, 3.05) is 12.4 Å². The summed E-state index contributed by atoms with van der Waals surface area (Å²) in [7, 11) is 1.61. The molecule has 1 N–H and O–H groups in total. The van der Waals surface area contributed by atoms with Crippen molar-refractivity contribution in [2.24, 2.45) is 10.2 Å². The molecule has 0 bridgehead atoms. The van der Waals surface area contributed by atoms with Gasteiger partial charge >= 0.3 is 0 Å². The normalized spacial score (nSPS) is 12.1. The molecule has 0 aliphatic rings. The monoisotopic (exact) mass is 388 g/mol. The SMILES string of the molecule is CN=N/C(C)=C(\C)CC(=O)Nc1ccc(-c2cc(-c3ncco3)ccc2C)cc1. The molecule has 0 aliphatic carbocycles. The van der Waals surface area contributed by atoms with Crippen LogP contribution in [0.2, 0.25) is 0 Å². The van der Waals surface area contributed by atoms with Gasteiger partial charge in [-0.2, -0.15) is 10.2 Å². The number of aromatic nitrogens is 1. The van der Waals surface area contributed by atoms with Gasteiger partial charge in [0.15, 0.2) is 0 Å². The average Bonchev–Trinajstić information content (AvgIpc) is 3.24. The highest BCUT2D eigenvalue weighted by Crippen LogP contribution is 2.29. The highest BCUT2D eigenvalue weighted by molar-refractivity contribution is 5.92. The van der Waals surface area contributed by atoms with Crippen LogP contribution in [0.4, 0.5) is 5.69 Å². The quantitative estimate of drug-likeness (QED) is 0.524. The Labute approximate surface area is 170 Å². The number of amides is 1. The molecule has 0 spiro atoms. The van der Waals surface area contributed by atoms with Crippen molar-refractivity contribution < 1.29 is 9.21 Å². The van der Waals surface area contributed by atoms with Crippen LogP contribution in [-0.2, 0) is 4.79 Å². The Morgan fingerprint density at radius 3 is 2.48 bits per heavy atom. The molecule has 148 valence electrons. The zero-order valence-electron chi connectivity index (χ0n) is 17.1. The molecule has 0 atom stereocenters. The van der Waals surface area contributed by atoms with Crippen LogP contribution in [0.3, 0.4) is 0 Å². The number of nitrogens with one attached hydrogen (secondary N) is 1. The smallest absolute Gasteiger partial charge is 0.228 e. The molecule has 3 rings (SSSR count). The van der Waals surface area contributed by atoms with E-state index >= 15 is 0 Å². The Morgan fingerprint density at radius 2 is 1.83 bits per heavy atom. The maximum Gasteiger partial charge on any atom is 0.228 e. The van der Waals surface area contributed by atoms with Gasteiger partial charge in [0.05, 0.1) is 11.9 Å². The molecule has 29 heavy (non-hydrogen) atoms. The van der Waals surface area contributed by atoms with Crippen LogP contribution in [0.25, 0.3) is 22.6 Å². The van der Waals surface area contributed by atoms with Crippen LogP contribution in [0.15, 0.2) is 80.8 Å². The highest BCUT2D eigenvalue weighted by Gasteiger charge is 2.09. The second-order valence-electron chi connectivity index (χ2n) is 6.84. The Hall–Kier alpha value is -3.54. The third-order valence-electron chi connectivity index (χ3n) is 4.69. The number of benzene rings is 2. The van der Waals surface area contributed by atoms with Crippen molar-refractivity contribution in [3.63, 3.8) is 0 Å². The molecular weight excluding hydrogens is 364 g/mol. The van der Waals surface area contributed by atoms with Gasteiger partial charge in [0, 0.05) is 24.7 Å². The van der Waals surface area contributed by atoms with E-state index in [1.165, 1.54) is 0 Å². The fourth-order valence-corrected chi connectivity index (χ4v) is 2.97. The predicted octanol–water partition coefficient (Wildman–Crippen LogP) is 6.02. The van der Waals surface area contributed by atoms with Gasteiger partial charge in [-0.3, -0.25) is 4.79 Å². The lowest BCUT2D eigenvalue weighted by molar-refractivity contribution is -0.115. The molecule has 3 aromatic rings. The summed E-state index contributed by atoms with van der Waals surface area (Å²) in [6.07, 6.45) is 3.48. The van der Waals surface area contributed by atoms with E-state index in [2.05, 4.69) is 39.6 Å². The maximum atomic E-state index is 12.3. The first-order chi connectivity index (χ1) is 14.0. The minimum Gasteiger partial charge on any atom is -0.445 e. The third kappa shape index (κ3) is 5.04. The van der Waals surface area contributed by atoms with E-state index in [-0.39, 0.29) is 12.3 Å². The minimum absolute atomic E-state index is 0.0806. The zero-order valence-corrected chi connectivity index (χ0v) is 17.1. The van der Waals surface area contributed by atoms with Crippen LogP contribution in [0.1, 0.15) is 25.8 Å². The van der Waals surface area contributed by atoms with Crippen molar-refractivity contribution >= 4 is 11.6 Å². The molecule has 6 heteroatoms. The van der Waals surface area contributed by atoms with Gasteiger partial charge in [-0.15, -0.1) is 0 Å². The summed E-state index contributed by atoms with van der Waals surface area (Å²) in [5.41, 5.74) is 6.64. The lowest BCUT2D eigenvalue weighted by Crippen LogP contribution is -2.11. The molecule has 0 fully saturated rings. The van der Waals surface area contributed by atoms with Crippen LogP contribution in [0.5, 0.6) is 0 Å². The van der Waals surface area contributed by atoms with Crippen LogP contribution >= 0.6 is 0 Å². The van der Waals surface area contributed by atoms with Gasteiger partial charge in [0.1, 0.15) is 6.26 Å². The maximum absolute atomic E-state index is 12.3. The molecule has 0 saturated carbocycles. The van der Waals surface area contributed by atoms with Crippen LogP contribution in [0, 0.1) is 6.92 Å². The number of allylic oxidation sites excluding steroid dienone is 1. The van der Waals surface area contributed by atoms with E-state index < -0.39 is 0 Å². The van der Waals surface area contributed by atoms with E-state index in [1.54, 1.807) is 19.5 Å². The molecular formula is C23H24N4O2. The topological polar surface area (TPSA) is 79.9 Å². The predicted molar refractivity (Wildman–Crippen MR) is 115 cm³/mol. The number of hydrogen-bond acceptors (Lipinski definition) is 5. The first-order valence-electron chi connectivity index (χ1n) is 9.35. The fourth-order valence-electron chi connectivity index (χ4n) is 2.97. The van der Waals surface area contributed by atoms with Crippen molar-refractivity contribution in [1.29, 1.82) is 0 Å². The summed E-state index contributed by atoms with van der Waals surface area (Å²) in [5.74, 6) is 0.513. The Morgan fingerprint density at radius 1 is 1.10 bits per heavy atom. The van der Waals surface area contributed by atoms with Crippen molar-refractivity contribution in [3.05, 3.63) is 71.8 Å². The summed E-state index contributed by atoms with van der Waals surface area (Å²) in [4.78, 5) is 16.5. The van der Waals surface area contributed by atoms with E-state index in [0.717, 1.165) is 39.2 Å². The summed E-state index contributed by atoms with van der Waals surface area (Å²) < 4.78 is 5.40. The first-order valence-corrected chi connectivity index (χ1v) is 9.35. The standard InChI is InChI=1S/C23H24N4O2/c1-15-5-6-19(23-25-11-12-29-23)14-21(15)18-7-9-20(10-8-18)26-22(28)13-16(2)17(3)27-24-4/h5-12,14H,13H2,1-4H3,(H,26,28)/b17-16+,27-24?. The molecule has 1 heterocycles. The second-order valence-corrected chi connectivity index (χ2v) is 6.84. The average molecular weight is 388 g/mol. The fraction of sp³-hybridized carbons (Fsp3) is 0.217. The van der Waals surface area contributed by atoms with E-state index in [1.807, 2.05) is 44.2 Å². The number of anilines is 1. The number of azo groups is 1. The van der Waals surface area contributed by atoms with Crippen LogP contribution in [-0.4, -0.2) is 17.9 Å². The second kappa shape index (κ2) is 9.10. The van der Waals surface area contributed by atoms with Crippen molar-refractivity contribution in [3.8, 4) is 22.6 Å². The zero-order chi connectivity index (χ0) is 20.8. The minimum atomic E-state index is -0.0806. The van der Waals surface area contributed by atoms with Gasteiger partial charge in [-0.05, 0) is 67.3 Å². The molecule has 0 unspecified atom stereocenters. The number of hydrogen-bond donors (Lipinski definition) is 1. The van der Waals surface area contributed by atoms with E-state index in [9.17, 15) is 4.79 Å². The summed E-state index contributed by atoms with van der Waals surface area (Å²) in [6.45, 7) is 5.80. The molecule has 1 aromatic heterocycles. The molecule has 6 nitrogen and oxygen atoms in total. The first kappa shape index (κ1) is 20.2. The molecule has 0 saturated heterocycles. The number of carbonyl (C=O) groups excluding carboxylic acids is 1. The Kier molecular flexibility index (Phi) is 6.34. The van der Waals surface area contributed by atoms with Crippen molar-refractivity contribution in [2.45, 2.75) is 27.2 Å². The highest BCUT2D eigenvalue weighted by atomic mass is 16.3. The van der Waals surface area contributed by atoms with Gasteiger partial charge in [-0.1, -0.05) is 18.2 Å². The summed E-state index contributed by atoms with van der Waals surface area (Å²) >= 11 is 0. The van der Waals surface area contributed by atoms with Gasteiger partial charge in [-0.25, -0.2) is 4.98 Å². The molecule has 2 aromatic carbocycles. The van der Waals surface area contributed by atoms with Gasteiger partial charge < -0.3 is 9.73 Å². The molecule has 0 radical (unpaired) electrons. The van der Waals surface area contributed by atoms with E-state index in [4.69, 9.17) is 4.42 Å². The third-order valence-corrected chi connectivity index (χ3v) is 4.69. The van der Waals surface area contributed by atoms with Crippen LogP contribution < -0.4 is 5.32 Å². The summed E-state index contributed by atoms with van der Waals surface area (Å²) in [6, 6.07) is 13.9. The molecule has 1 amide bonds. The number of aryl methyl sites for hydroxylation is 1. The van der Waals surface area contributed by atoms with Crippen molar-refractivity contribution in [1.82, 2.24) is 4.98 Å². The Bertz CT molecular complexity index is 1050. The summed E-state index contributed by atoms with van der Waals surface area (Å²) in [5, 5.41) is 10.6. The number of nitrogens with zero attached hydrogens (tertiary/aromatic N) is 3. The lowest BCUT2D eigenvalue weighted by atomic mass is 9.98.